The van der Waals surface area contributed by atoms with Gasteiger partial charge >= 0.3 is 0 Å². The summed E-state index contributed by atoms with van der Waals surface area (Å²) in [6, 6.07) is 7.83. The van der Waals surface area contributed by atoms with Gasteiger partial charge in [-0.3, -0.25) is 4.57 Å². The highest BCUT2D eigenvalue weighted by atomic mass is 35.5. The molecule has 0 spiro atoms. The fourth-order valence-corrected chi connectivity index (χ4v) is 2.19. The van der Waals surface area contributed by atoms with E-state index in [4.69, 9.17) is 22.1 Å². The minimum absolute atomic E-state index is 0.322. The fraction of sp³-hybridized carbons (Fsp3) is 0.429. The lowest BCUT2D eigenvalue weighted by Crippen LogP contribution is -2.07. The summed E-state index contributed by atoms with van der Waals surface area (Å²) >= 11 is 5.94. The van der Waals surface area contributed by atoms with E-state index in [0.717, 1.165) is 35.9 Å². The molecular weight excluding hydrogens is 276 g/mol. The van der Waals surface area contributed by atoms with E-state index < -0.39 is 0 Å². The number of nitrogens with zero attached hydrogens (tertiary/aromatic N) is 3. The molecule has 1 heterocycles. The number of halogens is 1. The zero-order chi connectivity index (χ0) is 14.4. The number of hydrogen-bond donors (Lipinski definition) is 1. The third-order valence-electron chi connectivity index (χ3n) is 2.93. The van der Waals surface area contributed by atoms with Crippen molar-refractivity contribution >= 4 is 11.6 Å². The molecule has 2 N–H and O–H groups in total. The molecule has 0 fully saturated rings. The number of ether oxygens (including phenoxy) is 1. The molecular formula is C14H19ClN4O. The Bertz CT molecular complexity index is 539. The molecule has 5 nitrogen and oxygen atoms in total. The van der Waals surface area contributed by atoms with Gasteiger partial charge < -0.3 is 10.5 Å². The molecule has 1 aromatic heterocycles. The third kappa shape index (κ3) is 3.29. The van der Waals surface area contributed by atoms with Crippen molar-refractivity contribution in [3.05, 3.63) is 35.9 Å². The molecule has 0 aliphatic carbocycles. The first kappa shape index (κ1) is 14.8. The lowest BCUT2D eigenvalue weighted by Gasteiger charge is -2.10. The van der Waals surface area contributed by atoms with Gasteiger partial charge in [0.25, 0.3) is 0 Å². The Morgan fingerprint density at radius 3 is 2.50 bits per heavy atom. The van der Waals surface area contributed by atoms with Crippen molar-refractivity contribution in [2.45, 2.75) is 25.6 Å². The molecule has 0 bridgehead atoms. The molecule has 20 heavy (non-hydrogen) atoms. The molecule has 6 heteroatoms. The molecule has 0 saturated heterocycles. The Labute approximate surface area is 123 Å². The monoisotopic (exact) mass is 294 g/mol. The van der Waals surface area contributed by atoms with E-state index in [9.17, 15) is 0 Å². The van der Waals surface area contributed by atoms with Crippen LogP contribution in [0.4, 0.5) is 0 Å². The molecule has 0 aliphatic heterocycles. The van der Waals surface area contributed by atoms with Gasteiger partial charge in [0, 0.05) is 12.1 Å². The molecule has 2 rings (SSSR count). The van der Waals surface area contributed by atoms with E-state index in [1.165, 1.54) is 0 Å². The van der Waals surface area contributed by atoms with Gasteiger partial charge in [-0.25, -0.2) is 0 Å². The second-order valence-corrected chi connectivity index (χ2v) is 4.59. The highest BCUT2D eigenvalue weighted by Crippen LogP contribution is 2.19. The minimum Gasteiger partial charge on any atom is -0.494 e. The maximum atomic E-state index is 5.94. The van der Waals surface area contributed by atoms with Crippen molar-refractivity contribution in [2.24, 2.45) is 5.73 Å². The zero-order valence-electron chi connectivity index (χ0n) is 11.6. The van der Waals surface area contributed by atoms with Crippen LogP contribution in [-0.4, -0.2) is 27.9 Å². The molecule has 2 aromatic rings. The van der Waals surface area contributed by atoms with Crippen LogP contribution in [0.3, 0.4) is 0 Å². The first-order valence-electron chi connectivity index (χ1n) is 6.72. The average Bonchev–Trinajstić information content (AvgIpc) is 2.89. The Morgan fingerprint density at radius 1 is 1.20 bits per heavy atom. The topological polar surface area (TPSA) is 66.0 Å². The summed E-state index contributed by atoms with van der Waals surface area (Å²) in [4.78, 5) is 0. The molecule has 1 aromatic carbocycles. The first-order valence-corrected chi connectivity index (χ1v) is 7.26. The Hall–Kier alpha value is -1.59. The molecule has 0 aliphatic rings. The van der Waals surface area contributed by atoms with Gasteiger partial charge in [-0.2, -0.15) is 0 Å². The second kappa shape index (κ2) is 7.26. The van der Waals surface area contributed by atoms with Gasteiger partial charge in [-0.05, 0) is 44.2 Å². The second-order valence-electron chi connectivity index (χ2n) is 4.32. The highest BCUT2D eigenvalue weighted by Gasteiger charge is 2.12. The number of rotatable bonds is 7. The van der Waals surface area contributed by atoms with Crippen LogP contribution in [0, 0.1) is 0 Å². The predicted molar refractivity (Wildman–Crippen MR) is 79.5 cm³/mol. The van der Waals surface area contributed by atoms with Gasteiger partial charge in [0.05, 0.1) is 12.5 Å². The maximum absolute atomic E-state index is 5.94. The van der Waals surface area contributed by atoms with Crippen LogP contribution >= 0.6 is 11.6 Å². The maximum Gasteiger partial charge on any atom is 0.152 e. The van der Waals surface area contributed by atoms with E-state index in [2.05, 4.69) is 10.2 Å². The average molecular weight is 295 g/mol. The minimum atomic E-state index is 0.322. The molecule has 0 atom stereocenters. The van der Waals surface area contributed by atoms with Crippen LogP contribution in [0.25, 0.3) is 5.69 Å². The van der Waals surface area contributed by atoms with E-state index in [0.29, 0.717) is 19.0 Å². The van der Waals surface area contributed by atoms with Crippen LogP contribution in [0.1, 0.15) is 25.0 Å². The van der Waals surface area contributed by atoms with Crippen LogP contribution in [0.15, 0.2) is 24.3 Å². The van der Waals surface area contributed by atoms with Crippen molar-refractivity contribution in [3.8, 4) is 11.4 Å². The predicted octanol–water partition coefficient (Wildman–Crippen LogP) is 2.30. The molecule has 108 valence electrons. The lowest BCUT2D eigenvalue weighted by atomic mass is 10.2. The summed E-state index contributed by atoms with van der Waals surface area (Å²) in [5, 5.41) is 8.33. The summed E-state index contributed by atoms with van der Waals surface area (Å²) in [5.74, 6) is 2.79. The van der Waals surface area contributed by atoms with Crippen LogP contribution in [0.5, 0.6) is 5.75 Å². The smallest absolute Gasteiger partial charge is 0.152 e. The normalized spacial score (nSPS) is 10.8. The molecule has 0 amide bonds. The first-order chi connectivity index (χ1) is 9.80. The number of aryl methyl sites for hydroxylation is 1. The summed E-state index contributed by atoms with van der Waals surface area (Å²) in [6.45, 7) is 3.25. The van der Waals surface area contributed by atoms with Crippen molar-refractivity contribution in [1.82, 2.24) is 14.8 Å². The fourth-order valence-electron chi connectivity index (χ4n) is 2.02. The summed E-state index contributed by atoms with van der Waals surface area (Å²) < 4.78 is 7.43. The Balaban J connectivity index is 2.31. The van der Waals surface area contributed by atoms with Gasteiger partial charge in [0.15, 0.2) is 5.82 Å². The highest BCUT2D eigenvalue weighted by molar-refractivity contribution is 6.16. The number of aromatic nitrogens is 3. The third-order valence-corrected chi connectivity index (χ3v) is 3.17. The van der Waals surface area contributed by atoms with Crippen molar-refractivity contribution in [1.29, 1.82) is 0 Å². The van der Waals surface area contributed by atoms with Gasteiger partial charge in [0.2, 0.25) is 0 Å². The van der Waals surface area contributed by atoms with E-state index in [-0.39, 0.29) is 0 Å². The van der Waals surface area contributed by atoms with E-state index in [1.54, 1.807) is 0 Å². The van der Waals surface area contributed by atoms with Gasteiger partial charge in [0.1, 0.15) is 11.6 Å². The Morgan fingerprint density at radius 2 is 1.90 bits per heavy atom. The Kier molecular flexibility index (Phi) is 5.38. The van der Waals surface area contributed by atoms with Crippen LogP contribution in [0.2, 0.25) is 0 Å². The van der Waals surface area contributed by atoms with Gasteiger partial charge in [-0.1, -0.05) is 0 Å². The molecule has 0 unspecified atom stereocenters. The van der Waals surface area contributed by atoms with E-state index in [1.807, 2.05) is 35.8 Å². The zero-order valence-corrected chi connectivity index (χ0v) is 12.3. The lowest BCUT2D eigenvalue weighted by molar-refractivity contribution is 0.340. The van der Waals surface area contributed by atoms with Crippen LogP contribution < -0.4 is 10.5 Å². The summed E-state index contributed by atoms with van der Waals surface area (Å²) in [7, 11) is 0. The largest absolute Gasteiger partial charge is 0.494 e. The van der Waals surface area contributed by atoms with Crippen molar-refractivity contribution in [3.63, 3.8) is 0 Å². The van der Waals surface area contributed by atoms with Crippen LogP contribution in [-0.2, 0) is 12.3 Å². The number of hydrogen-bond acceptors (Lipinski definition) is 4. The van der Waals surface area contributed by atoms with E-state index >= 15 is 0 Å². The SMILES string of the molecule is CCOc1ccc(-n2c(CCl)nnc2CCCN)cc1. The van der Waals surface area contributed by atoms with Crippen molar-refractivity contribution < 1.29 is 4.74 Å². The molecule has 0 saturated carbocycles. The standard InChI is InChI=1S/C14H19ClN4O/c1-2-20-12-7-5-11(6-8-12)19-13(4-3-9-16)17-18-14(19)10-15/h5-8H,2-4,9-10,16H2,1H3. The molecule has 0 radical (unpaired) electrons. The number of alkyl halides is 1. The van der Waals surface area contributed by atoms with Gasteiger partial charge in [-0.15, -0.1) is 21.8 Å². The summed E-state index contributed by atoms with van der Waals surface area (Å²) in [6.07, 6.45) is 1.66. The van der Waals surface area contributed by atoms with Crippen molar-refractivity contribution in [2.75, 3.05) is 13.2 Å². The number of nitrogens with two attached hydrogens (primary N) is 1. The quantitative estimate of drug-likeness (QED) is 0.796. The summed E-state index contributed by atoms with van der Waals surface area (Å²) in [5.41, 5.74) is 6.54. The number of benzene rings is 1.